The SMILES string of the molecule is CCCCCCCC/C(=C\C/C=C(\C/C=C(\CCCC=O)[N+](=O)[O-])[N+](=O)[O-])[N+](=O)[O-]. The molecule has 0 N–H and O–H groups in total. The molecule has 0 fully saturated rings. The van der Waals surface area contributed by atoms with Gasteiger partial charge < -0.3 is 4.79 Å². The van der Waals surface area contributed by atoms with Gasteiger partial charge in [-0.25, -0.2) is 0 Å². The van der Waals surface area contributed by atoms with Gasteiger partial charge in [0.1, 0.15) is 6.29 Å². The van der Waals surface area contributed by atoms with E-state index in [0.29, 0.717) is 25.5 Å². The van der Waals surface area contributed by atoms with Gasteiger partial charge in [-0.3, -0.25) is 30.3 Å². The largest absolute Gasteiger partial charge is 0.303 e. The highest BCUT2D eigenvalue weighted by atomic mass is 16.6. The molecule has 0 saturated carbocycles. The molecule has 0 amide bonds. The van der Waals surface area contributed by atoms with Crippen LogP contribution in [0.5, 0.6) is 0 Å². The van der Waals surface area contributed by atoms with Crippen LogP contribution in [0.3, 0.4) is 0 Å². The molecular formula is C20H31N3O7. The van der Waals surface area contributed by atoms with Gasteiger partial charge in [0.2, 0.25) is 17.1 Å². The van der Waals surface area contributed by atoms with Crippen LogP contribution in [0.25, 0.3) is 0 Å². The van der Waals surface area contributed by atoms with Gasteiger partial charge in [-0.15, -0.1) is 0 Å². The molecule has 0 atom stereocenters. The van der Waals surface area contributed by atoms with Gasteiger partial charge in [-0.05, 0) is 37.5 Å². The molecule has 168 valence electrons. The lowest BCUT2D eigenvalue weighted by atomic mass is 10.1. The summed E-state index contributed by atoms with van der Waals surface area (Å²) in [6.07, 6.45) is 11.0. The van der Waals surface area contributed by atoms with Crippen molar-refractivity contribution in [2.45, 2.75) is 84.0 Å². The van der Waals surface area contributed by atoms with Gasteiger partial charge in [0, 0.05) is 19.3 Å². The minimum atomic E-state index is -0.646. The molecule has 0 aliphatic heterocycles. The van der Waals surface area contributed by atoms with Gasteiger partial charge in [0.05, 0.1) is 21.2 Å². The molecule has 0 aromatic rings. The average Bonchev–Trinajstić information content (AvgIpc) is 2.69. The summed E-state index contributed by atoms with van der Waals surface area (Å²) in [5.41, 5.74) is -0.419. The molecule has 0 unspecified atom stereocenters. The summed E-state index contributed by atoms with van der Waals surface area (Å²) in [6, 6.07) is 0. The molecule has 0 bridgehead atoms. The van der Waals surface area contributed by atoms with Crippen LogP contribution < -0.4 is 0 Å². The summed E-state index contributed by atoms with van der Waals surface area (Å²) in [5, 5.41) is 33.4. The van der Waals surface area contributed by atoms with Crippen molar-refractivity contribution in [1.29, 1.82) is 0 Å². The van der Waals surface area contributed by atoms with Crippen molar-refractivity contribution in [1.82, 2.24) is 0 Å². The van der Waals surface area contributed by atoms with Crippen LogP contribution in [0.1, 0.15) is 84.0 Å². The predicted molar refractivity (Wildman–Crippen MR) is 112 cm³/mol. The predicted octanol–water partition coefficient (Wildman–Crippen LogP) is 5.37. The molecule has 0 heterocycles. The zero-order valence-corrected chi connectivity index (χ0v) is 17.5. The van der Waals surface area contributed by atoms with Crippen molar-refractivity contribution in [2.24, 2.45) is 0 Å². The Hall–Kier alpha value is -2.91. The fourth-order valence-corrected chi connectivity index (χ4v) is 2.77. The van der Waals surface area contributed by atoms with E-state index < -0.39 is 14.8 Å². The van der Waals surface area contributed by atoms with Crippen molar-refractivity contribution in [3.63, 3.8) is 0 Å². The summed E-state index contributed by atoms with van der Waals surface area (Å²) in [7, 11) is 0. The van der Waals surface area contributed by atoms with E-state index in [4.69, 9.17) is 0 Å². The van der Waals surface area contributed by atoms with Crippen LogP contribution in [0, 0.1) is 30.3 Å². The fourth-order valence-electron chi connectivity index (χ4n) is 2.77. The van der Waals surface area contributed by atoms with E-state index in [0.717, 1.165) is 38.2 Å². The van der Waals surface area contributed by atoms with E-state index in [9.17, 15) is 35.1 Å². The Labute approximate surface area is 176 Å². The standard InChI is InChI=1S/C20H31N3O7/c1-2-3-4-5-6-7-11-18(21(25)26)13-10-14-20(23(29)30)16-15-19(22(27)28)12-8-9-17-24/h13-15,17H,2-12,16H2,1H3/b18-13+,19-15+,20-14+. The van der Waals surface area contributed by atoms with Crippen molar-refractivity contribution in [3.8, 4) is 0 Å². The summed E-state index contributed by atoms with van der Waals surface area (Å²) >= 11 is 0. The number of nitro groups is 3. The van der Waals surface area contributed by atoms with Crippen LogP contribution in [0.15, 0.2) is 35.3 Å². The Kier molecular flexibility index (Phi) is 15.3. The number of unbranched alkanes of at least 4 members (excludes halogenated alkanes) is 6. The lowest BCUT2D eigenvalue weighted by molar-refractivity contribution is -0.432. The molecule has 10 nitrogen and oxygen atoms in total. The van der Waals surface area contributed by atoms with Crippen LogP contribution in [0.4, 0.5) is 0 Å². The number of hydrogen-bond donors (Lipinski definition) is 0. The van der Waals surface area contributed by atoms with Gasteiger partial charge in [-0.2, -0.15) is 0 Å². The van der Waals surface area contributed by atoms with E-state index in [1.807, 2.05) is 0 Å². The molecule has 10 heteroatoms. The number of nitrogens with zero attached hydrogens (tertiary/aromatic N) is 3. The smallest absolute Gasteiger partial charge is 0.246 e. The minimum absolute atomic E-state index is 0.00917. The van der Waals surface area contributed by atoms with E-state index in [-0.39, 0.29) is 42.8 Å². The Bertz CT molecular complexity index is 669. The molecule has 0 aromatic heterocycles. The van der Waals surface area contributed by atoms with Crippen molar-refractivity contribution < 1.29 is 19.6 Å². The first-order chi connectivity index (χ1) is 14.3. The minimum Gasteiger partial charge on any atom is -0.303 e. The van der Waals surface area contributed by atoms with Crippen molar-refractivity contribution in [2.75, 3.05) is 0 Å². The van der Waals surface area contributed by atoms with E-state index >= 15 is 0 Å². The second kappa shape index (κ2) is 17.0. The Morgan fingerprint density at radius 3 is 1.77 bits per heavy atom. The third-order valence-electron chi connectivity index (χ3n) is 4.50. The normalized spacial score (nSPS) is 12.6. The zero-order chi connectivity index (χ0) is 22.8. The number of hydrogen-bond acceptors (Lipinski definition) is 7. The fraction of sp³-hybridized carbons (Fsp3) is 0.650. The second-order valence-corrected chi connectivity index (χ2v) is 6.87. The van der Waals surface area contributed by atoms with Crippen LogP contribution in [-0.2, 0) is 4.79 Å². The van der Waals surface area contributed by atoms with E-state index in [2.05, 4.69) is 6.92 Å². The van der Waals surface area contributed by atoms with Crippen molar-refractivity contribution in [3.05, 3.63) is 65.7 Å². The quantitative estimate of drug-likeness (QED) is 0.124. The molecule has 0 spiro atoms. The summed E-state index contributed by atoms with van der Waals surface area (Å²) in [6.45, 7) is 2.11. The van der Waals surface area contributed by atoms with Crippen molar-refractivity contribution >= 4 is 6.29 Å². The monoisotopic (exact) mass is 425 g/mol. The van der Waals surface area contributed by atoms with Gasteiger partial charge in [0.15, 0.2) is 0 Å². The summed E-state index contributed by atoms with van der Waals surface area (Å²) in [5.74, 6) is 0. The third-order valence-corrected chi connectivity index (χ3v) is 4.50. The first kappa shape index (κ1) is 27.1. The number of carbonyl (C=O) groups excluding carboxylic acids is 1. The molecular weight excluding hydrogens is 394 g/mol. The lowest BCUT2D eigenvalue weighted by Gasteiger charge is -2.00. The Balaban J connectivity index is 4.92. The number of carbonyl (C=O) groups is 1. The zero-order valence-electron chi connectivity index (χ0n) is 17.5. The molecule has 0 aromatic carbocycles. The van der Waals surface area contributed by atoms with Gasteiger partial charge >= 0.3 is 0 Å². The topological polar surface area (TPSA) is 146 Å². The highest BCUT2D eigenvalue weighted by molar-refractivity contribution is 5.49. The molecule has 0 radical (unpaired) electrons. The van der Waals surface area contributed by atoms with E-state index in [1.54, 1.807) is 0 Å². The second-order valence-electron chi connectivity index (χ2n) is 6.87. The molecule has 0 aliphatic carbocycles. The van der Waals surface area contributed by atoms with Gasteiger partial charge in [-0.1, -0.05) is 39.0 Å². The molecule has 0 rings (SSSR count). The van der Waals surface area contributed by atoms with Gasteiger partial charge in [0.25, 0.3) is 0 Å². The first-order valence-electron chi connectivity index (χ1n) is 10.3. The maximum Gasteiger partial charge on any atom is 0.246 e. The number of rotatable bonds is 18. The molecule has 30 heavy (non-hydrogen) atoms. The number of aldehydes is 1. The van der Waals surface area contributed by atoms with Crippen LogP contribution in [-0.4, -0.2) is 21.1 Å². The average molecular weight is 425 g/mol. The first-order valence-corrected chi connectivity index (χ1v) is 10.3. The summed E-state index contributed by atoms with van der Waals surface area (Å²) < 4.78 is 0. The maximum absolute atomic E-state index is 11.2. The van der Waals surface area contributed by atoms with Crippen LogP contribution in [0.2, 0.25) is 0 Å². The van der Waals surface area contributed by atoms with E-state index in [1.165, 1.54) is 12.2 Å². The summed E-state index contributed by atoms with van der Waals surface area (Å²) in [4.78, 5) is 41.9. The third kappa shape index (κ3) is 13.3. The lowest BCUT2D eigenvalue weighted by Crippen LogP contribution is -2.02. The molecule has 0 saturated heterocycles. The maximum atomic E-state index is 11.2. The Morgan fingerprint density at radius 1 is 0.700 bits per heavy atom. The van der Waals surface area contributed by atoms with Crippen LogP contribution >= 0.6 is 0 Å². The Morgan fingerprint density at radius 2 is 1.20 bits per heavy atom. The number of allylic oxidation sites excluding steroid dienone is 5. The molecule has 0 aliphatic rings. The highest BCUT2D eigenvalue weighted by Crippen LogP contribution is 2.16. The highest BCUT2D eigenvalue weighted by Gasteiger charge is 2.15.